The first-order valence-corrected chi connectivity index (χ1v) is 9.39. The number of rotatable bonds is 7. The van der Waals surface area contributed by atoms with Crippen LogP contribution in [-0.2, 0) is 0 Å². The van der Waals surface area contributed by atoms with Gasteiger partial charge in [0.15, 0.2) is 0 Å². The molecule has 0 aliphatic carbocycles. The number of carbonyl (C=O) groups is 1. The number of aromatic nitrogens is 2. The number of carbonyl (C=O) groups excluding carboxylic acids is 1. The molecule has 0 radical (unpaired) electrons. The van der Waals surface area contributed by atoms with Crippen molar-refractivity contribution in [2.45, 2.75) is 13.8 Å². The van der Waals surface area contributed by atoms with E-state index in [1.54, 1.807) is 18.0 Å². The van der Waals surface area contributed by atoms with Crippen LogP contribution in [0, 0.1) is 0 Å². The van der Waals surface area contributed by atoms with E-state index in [1.165, 1.54) is 12.0 Å². The molecule has 2 aromatic carbocycles. The van der Waals surface area contributed by atoms with Gasteiger partial charge in [-0.3, -0.25) is 4.79 Å². The van der Waals surface area contributed by atoms with Gasteiger partial charge in [-0.1, -0.05) is 18.2 Å². The number of hydrogen-bond acceptors (Lipinski definition) is 5. The molecule has 0 fully saturated rings. The average Bonchev–Trinajstić information content (AvgIpc) is 2.75. The summed E-state index contributed by atoms with van der Waals surface area (Å²) in [4.78, 5) is 25.0. The minimum absolute atomic E-state index is 0.187. The zero-order valence-corrected chi connectivity index (χ0v) is 16.5. The maximum absolute atomic E-state index is 12.7. The van der Waals surface area contributed by atoms with Crippen molar-refractivity contribution in [1.82, 2.24) is 9.97 Å². The molecule has 0 saturated carbocycles. The lowest BCUT2D eigenvalue weighted by atomic mass is 10.2. The van der Waals surface area contributed by atoms with Gasteiger partial charge >= 0.3 is 0 Å². The summed E-state index contributed by atoms with van der Waals surface area (Å²) in [6.07, 6.45) is 1.40. The van der Waals surface area contributed by atoms with Crippen molar-refractivity contribution < 1.29 is 4.79 Å². The maximum atomic E-state index is 12.7. The summed E-state index contributed by atoms with van der Waals surface area (Å²) >= 11 is 0. The third-order valence-corrected chi connectivity index (χ3v) is 4.60. The van der Waals surface area contributed by atoms with Gasteiger partial charge in [0.05, 0.1) is 0 Å². The van der Waals surface area contributed by atoms with Crippen molar-refractivity contribution in [1.29, 1.82) is 0 Å². The molecular formula is C22H25N5O. The van der Waals surface area contributed by atoms with Crippen LogP contribution in [-0.4, -0.2) is 36.0 Å². The fourth-order valence-corrected chi connectivity index (χ4v) is 2.98. The van der Waals surface area contributed by atoms with Crippen LogP contribution in [0.2, 0.25) is 0 Å². The third-order valence-electron chi connectivity index (χ3n) is 4.60. The van der Waals surface area contributed by atoms with Crippen molar-refractivity contribution in [3.05, 3.63) is 72.7 Å². The quantitative estimate of drug-likeness (QED) is 0.665. The molecule has 1 aromatic heterocycles. The van der Waals surface area contributed by atoms with Gasteiger partial charge in [-0.2, -0.15) is 0 Å². The number of para-hydroxylation sites is 1. The highest BCUT2D eigenvalue weighted by molar-refractivity contribution is 6.04. The molecule has 0 atom stereocenters. The third kappa shape index (κ3) is 4.46. The number of nitrogens with zero attached hydrogens (tertiary/aromatic N) is 4. The summed E-state index contributed by atoms with van der Waals surface area (Å²) in [5, 5.41) is 3.24. The van der Waals surface area contributed by atoms with Crippen molar-refractivity contribution in [3.63, 3.8) is 0 Å². The van der Waals surface area contributed by atoms with Crippen molar-refractivity contribution in [2.24, 2.45) is 0 Å². The number of nitrogens with one attached hydrogen (secondary N) is 1. The second kappa shape index (κ2) is 8.99. The Labute approximate surface area is 165 Å². The first-order chi connectivity index (χ1) is 13.6. The molecule has 0 aliphatic rings. The van der Waals surface area contributed by atoms with Gasteiger partial charge in [0.2, 0.25) is 0 Å². The van der Waals surface area contributed by atoms with Crippen LogP contribution in [0.3, 0.4) is 0 Å². The van der Waals surface area contributed by atoms with Crippen molar-refractivity contribution in [2.75, 3.05) is 35.3 Å². The molecule has 0 saturated heterocycles. The lowest BCUT2D eigenvalue weighted by Crippen LogP contribution is -2.27. The lowest BCUT2D eigenvalue weighted by Gasteiger charge is -2.21. The second-order valence-electron chi connectivity index (χ2n) is 6.33. The molecule has 1 heterocycles. The zero-order valence-electron chi connectivity index (χ0n) is 16.5. The van der Waals surface area contributed by atoms with E-state index in [0.29, 0.717) is 11.5 Å². The van der Waals surface area contributed by atoms with E-state index in [2.05, 4.69) is 46.2 Å². The number of benzene rings is 2. The molecule has 0 spiro atoms. The van der Waals surface area contributed by atoms with Gasteiger partial charge in [0.25, 0.3) is 5.91 Å². The molecule has 144 valence electrons. The fraction of sp³-hybridized carbons (Fsp3) is 0.227. The van der Waals surface area contributed by atoms with Crippen molar-refractivity contribution in [3.8, 4) is 0 Å². The maximum Gasteiger partial charge on any atom is 0.276 e. The molecule has 0 aliphatic heterocycles. The molecule has 0 bridgehead atoms. The molecule has 3 aromatic rings. The minimum Gasteiger partial charge on any atom is -0.372 e. The lowest BCUT2D eigenvalue weighted by molar-refractivity contribution is 0.0988. The normalized spacial score (nSPS) is 10.4. The average molecular weight is 375 g/mol. The van der Waals surface area contributed by atoms with Crippen LogP contribution in [0.1, 0.15) is 24.3 Å². The predicted octanol–water partition coefficient (Wildman–Crippen LogP) is 4.34. The molecule has 6 heteroatoms. The molecule has 6 nitrogen and oxygen atoms in total. The summed E-state index contributed by atoms with van der Waals surface area (Å²) < 4.78 is 0. The topological polar surface area (TPSA) is 61.4 Å². The van der Waals surface area contributed by atoms with Crippen LogP contribution in [0.25, 0.3) is 0 Å². The van der Waals surface area contributed by atoms with Crippen LogP contribution in [0.15, 0.2) is 67.0 Å². The highest BCUT2D eigenvalue weighted by atomic mass is 16.2. The van der Waals surface area contributed by atoms with Crippen LogP contribution < -0.4 is 15.1 Å². The monoisotopic (exact) mass is 375 g/mol. The first kappa shape index (κ1) is 19.4. The van der Waals surface area contributed by atoms with E-state index in [9.17, 15) is 4.79 Å². The van der Waals surface area contributed by atoms with Gasteiger partial charge in [0, 0.05) is 43.3 Å². The van der Waals surface area contributed by atoms with Gasteiger partial charge < -0.3 is 15.1 Å². The van der Waals surface area contributed by atoms with E-state index in [0.717, 1.165) is 24.5 Å². The van der Waals surface area contributed by atoms with Crippen LogP contribution >= 0.6 is 0 Å². The van der Waals surface area contributed by atoms with Gasteiger partial charge in [-0.25, -0.2) is 9.97 Å². The Morgan fingerprint density at radius 3 is 2.25 bits per heavy atom. The molecule has 28 heavy (non-hydrogen) atoms. The summed E-state index contributed by atoms with van der Waals surface area (Å²) in [5.41, 5.74) is 3.24. The number of hydrogen-bond donors (Lipinski definition) is 1. The molecule has 1 N–H and O–H groups in total. The van der Waals surface area contributed by atoms with E-state index >= 15 is 0 Å². The van der Waals surface area contributed by atoms with Crippen LogP contribution in [0.5, 0.6) is 0 Å². The minimum atomic E-state index is -0.187. The largest absolute Gasteiger partial charge is 0.372 e. The predicted molar refractivity (Wildman–Crippen MR) is 114 cm³/mol. The summed E-state index contributed by atoms with van der Waals surface area (Å²) in [7, 11) is 1.73. The molecule has 0 unspecified atom stereocenters. The van der Waals surface area contributed by atoms with Crippen molar-refractivity contribution >= 4 is 28.8 Å². The molecule has 3 rings (SSSR count). The fourth-order valence-electron chi connectivity index (χ4n) is 2.98. The number of anilines is 4. The Morgan fingerprint density at radius 1 is 0.929 bits per heavy atom. The van der Waals surface area contributed by atoms with E-state index in [4.69, 9.17) is 0 Å². The van der Waals surface area contributed by atoms with Gasteiger partial charge in [-0.15, -0.1) is 0 Å². The second-order valence-corrected chi connectivity index (χ2v) is 6.33. The Balaban J connectivity index is 1.74. The smallest absolute Gasteiger partial charge is 0.276 e. The Hall–Kier alpha value is -3.41. The zero-order chi connectivity index (χ0) is 19.9. The summed E-state index contributed by atoms with van der Waals surface area (Å²) in [6.45, 7) is 6.22. The summed E-state index contributed by atoms with van der Waals surface area (Å²) in [6, 6.07) is 19.3. The highest BCUT2D eigenvalue weighted by Gasteiger charge is 2.15. The Bertz CT molecular complexity index is 908. The molecule has 1 amide bonds. The van der Waals surface area contributed by atoms with E-state index in [1.807, 2.05) is 42.5 Å². The number of amides is 1. The van der Waals surface area contributed by atoms with E-state index < -0.39 is 0 Å². The van der Waals surface area contributed by atoms with Crippen LogP contribution in [0.4, 0.5) is 22.9 Å². The first-order valence-electron chi connectivity index (χ1n) is 9.39. The van der Waals surface area contributed by atoms with Gasteiger partial charge in [-0.05, 0) is 50.2 Å². The standard InChI is InChI=1S/C22H25N5O/c1-4-27(5-2)19-13-11-17(12-14-19)25-21-15-20(23-16-24-21)22(28)26(3)18-9-7-6-8-10-18/h6-16H,4-5H2,1-3H3,(H,23,24,25). The van der Waals surface area contributed by atoms with E-state index in [-0.39, 0.29) is 5.91 Å². The molecular weight excluding hydrogens is 350 g/mol. The SMILES string of the molecule is CCN(CC)c1ccc(Nc2cc(C(=O)N(C)c3ccccc3)ncn2)cc1. The highest BCUT2D eigenvalue weighted by Crippen LogP contribution is 2.21. The Morgan fingerprint density at radius 2 is 1.61 bits per heavy atom. The summed E-state index contributed by atoms with van der Waals surface area (Å²) in [5.74, 6) is 0.393. The van der Waals surface area contributed by atoms with Gasteiger partial charge in [0.1, 0.15) is 17.8 Å². The Kier molecular flexibility index (Phi) is 6.22.